The smallest absolute Gasteiger partial charge is 0.264 e. The van der Waals surface area contributed by atoms with Crippen molar-refractivity contribution in [1.82, 2.24) is 10.2 Å². The number of para-hydroxylation sites is 1. The van der Waals surface area contributed by atoms with Gasteiger partial charge in [-0.2, -0.15) is 0 Å². The molecule has 0 heterocycles. The van der Waals surface area contributed by atoms with Crippen LogP contribution in [-0.2, 0) is 26.2 Å². The van der Waals surface area contributed by atoms with Crippen molar-refractivity contribution in [3.63, 3.8) is 0 Å². The SMILES string of the molecule is Cc1ccc(S(=O)(=O)N(CC(=O)N(Cc2ccc(Cl)cc2)C(C)C(=O)NC(C)(C)C)c2ccc(Oc3ccccc3)cc2)cc1. The average molecular weight is 648 g/mol. The lowest BCUT2D eigenvalue weighted by atomic mass is 10.1. The van der Waals surface area contributed by atoms with Crippen molar-refractivity contribution < 1.29 is 22.7 Å². The van der Waals surface area contributed by atoms with Crippen molar-refractivity contribution in [2.45, 2.75) is 57.6 Å². The Morgan fingerprint density at radius 1 is 0.844 bits per heavy atom. The van der Waals surface area contributed by atoms with Crippen LogP contribution >= 0.6 is 11.6 Å². The van der Waals surface area contributed by atoms with E-state index < -0.39 is 34.1 Å². The Morgan fingerprint density at radius 3 is 2.00 bits per heavy atom. The maximum Gasteiger partial charge on any atom is 0.264 e. The summed E-state index contributed by atoms with van der Waals surface area (Å²) in [6.07, 6.45) is 0. The van der Waals surface area contributed by atoms with Crippen molar-refractivity contribution in [1.29, 1.82) is 0 Å². The van der Waals surface area contributed by atoms with E-state index in [1.165, 1.54) is 17.0 Å². The molecule has 0 saturated carbocycles. The summed E-state index contributed by atoms with van der Waals surface area (Å²) >= 11 is 6.08. The van der Waals surface area contributed by atoms with Crippen LogP contribution in [0.1, 0.15) is 38.8 Å². The predicted octanol–water partition coefficient (Wildman–Crippen LogP) is 6.97. The van der Waals surface area contributed by atoms with E-state index >= 15 is 0 Å². The van der Waals surface area contributed by atoms with E-state index in [1.807, 2.05) is 58.0 Å². The number of amides is 2. The van der Waals surface area contributed by atoms with Crippen LogP contribution in [-0.4, -0.2) is 43.3 Å². The lowest BCUT2D eigenvalue weighted by Gasteiger charge is -2.33. The lowest BCUT2D eigenvalue weighted by molar-refractivity contribution is -0.140. The van der Waals surface area contributed by atoms with E-state index in [9.17, 15) is 18.0 Å². The van der Waals surface area contributed by atoms with Crippen LogP contribution < -0.4 is 14.4 Å². The van der Waals surface area contributed by atoms with Gasteiger partial charge in [-0.3, -0.25) is 13.9 Å². The Labute approximate surface area is 270 Å². The second-order valence-corrected chi connectivity index (χ2v) is 14.1. The molecule has 0 aromatic heterocycles. The summed E-state index contributed by atoms with van der Waals surface area (Å²) in [5.41, 5.74) is 1.36. The summed E-state index contributed by atoms with van der Waals surface area (Å²) in [6.45, 7) is 8.57. The topological polar surface area (TPSA) is 96.0 Å². The molecular formula is C35H38ClN3O5S. The Balaban J connectivity index is 1.71. The lowest BCUT2D eigenvalue weighted by Crippen LogP contribution is -2.54. The van der Waals surface area contributed by atoms with Gasteiger partial charge in [0.05, 0.1) is 10.6 Å². The molecule has 1 N–H and O–H groups in total. The molecule has 0 spiro atoms. The van der Waals surface area contributed by atoms with Crippen LogP contribution in [0.4, 0.5) is 5.69 Å². The largest absolute Gasteiger partial charge is 0.457 e. The van der Waals surface area contributed by atoms with Gasteiger partial charge in [0.25, 0.3) is 10.0 Å². The first kappa shape index (κ1) is 33.6. The van der Waals surface area contributed by atoms with Crippen LogP contribution in [0.25, 0.3) is 0 Å². The Bertz CT molecular complexity index is 1700. The number of carbonyl (C=O) groups excluding carboxylic acids is 2. The van der Waals surface area contributed by atoms with Gasteiger partial charge in [0, 0.05) is 17.1 Å². The molecule has 4 aromatic rings. The standard InChI is InChI=1S/C35H38ClN3O5S/c1-25-11-21-32(22-12-25)45(42,43)39(29-17-19-31(20-18-29)44-30-9-7-6-8-10-30)24-33(40)38(23-27-13-15-28(36)16-14-27)26(2)34(41)37-35(3,4)5/h6-22,26H,23-24H2,1-5H3,(H,37,41). The minimum Gasteiger partial charge on any atom is -0.457 e. The number of hydrogen-bond donors (Lipinski definition) is 1. The second-order valence-electron chi connectivity index (χ2n) is 11.8. The fourth-order valence-electron chi connectivity index (χ4n) is 4.51. The highest BCUT2D eigenvalue weighted by atomic mass is 35.5. The molecule has 10 heteroatoms. The minimum absolute atomic E-state index is 0.0355. The average Bonchev–Trinajstić information content (AvgIpc) is 2.99. The highest BCUT2D eigenvalue weighted by Crippen LogP contribution is 2.29. The molecule has 2 amide bonds. The number of hydrogen-bond acceptors (Lipinski definition) is 5. The minimum atomic E-state index is -4.20. The van der Waals surface area contributed by atoms with Crippen molar-refractivity contribution in [3.05, 3.63) is 119 Å². The highest BCUT2D eigenvalue weighted by Gasteiger charge is 2.33. The van der Waals surface area contributed by atoms with Crippen molar-refractivity contribution in [2.24, 2.45) is 0 Å². The van der Waals surface area contributed by atoms with Crippen molar-refractivity contribution in [3.8, 4) is 11.5 Å². The molecule has 4 aromatic carbocycles. The molecule has 4 rings (SSSR count). The van der Waals surface area contributed by atoms with Crippen molar-refractivity contribution >= 4 is 39.1 Å². The summed E-state index contributed by atoms with van der Waals surface area (Å²) in [6, 6.07) is 28.2. The van der Waals surface area contributed by atoms with Gasteiger partial charge in [0.2, 0.25) is 11.8 Å². The summed E-state index contributed by atoms with van der Waals surface area (Å²) in [7, 11) is -4.20. The number of nitrogens with zero attached hydrogens (tertiary/aromatic N) is 2. The third-order valence-electron chi connectivity index (χ3n) is 6.92. The molecule has 0 aliphatic rings. The Morgan fingerprint density at radius 2 is 1.42 bits per heavy atom. The van der Waals surface area contributed by atoms with Gasteiger partial charge in [-0.1, -0.05) is 59.6 Å². The van der Waals surface area contributed by atoms with Crippen LogP contribution in [0.3, 0.4) is 0 Å². The molecule has 1 atom stereocenters. The third-order valence-corrected chi connectivity index (χ3v) is 8.96. The van der Waals surface area contributed by atoms with Crippen LogP contribution in [0.5, 0.6) is 11.5 Å². The van der Waals surface area contributed by atoms with E-state index in [4.69, 9.17) is 16.3 Å². The molecule has 0 saturated heterocycles. The third kappa shape index (κ3) is 9.09. The first-order valence-corrected chi connectivity index (χ1v) is 16.3. The molecule has 236 valence electrons. The maximum atomic E-state index is 14.1. The summed E-state index contributed by atoms with van der Waals surface area (Å²) in [4.78, 5) is 28.8. The summed E-state index contributed by atoms with van der Waals surface area (Å²) < 4.78 is 35.1. The molecule has 8 nitrogen and oxygen atoms in total. The number of rotatable bonds is 11. The van der Waals surface area contributed by atoms with E-state index in [0.29, 0.717) is 16.5 Å². The number of carbonyl (C=O) groups is 2. The van der Waals surface area contributed by atoms with Gasteiger partial charge in [-0.25, -0.2) is 8.42 Å². The normalized spacial score (nSPS) is 12.2. The van der Waals surface area contributed by atoms with Crippen LogP contribution in [0.2, 0.25) is 5.02 Å². The number of sulfonamides is 1. The molecule has 0 radical (unpaired) electrons. The molecule has 0 fully saturated rings. The van der Waals surface area contributed by atoms with Gasteiger partial charge >= 0.3 is 0 Å². The fourth-order valence-corrected chi connectivity index (χ4v) is 6.05. The van der Waals surface area contributed by atoms with Gasteiger partial charge < -0.3 is 15.0 Å². The zero-order chi connectivity index (χ0) is 32.8. The molecule has 0 aliphatic carbocycles. The summed E-state index contributed by atoms with van der Waals surface area (Å²) in [5.74, 6) is 0.215. The van der Waals surface area contributed by atoms with E-state index in [1.54, 1.807) is 67.6 Å². The van der Waals surface area contributed by atoms with Gasteiger partial charge in [-0.15, -0.1) is 0 Å². The Kier molecular flexibility index (Phi) is 10.6. The monoisotopic (exact) mass is 647 g/mol. The van der Waals surface area contributed by atoms with Crippen molar-refractivity contribution in [2.75, 3.05) is 10.8 Å². The quantitative estimate of drug-likeness (QED) is 0.190. The molecule has 0 aliphatic heterocycles. The maximum absolute atomic E-state index is 14.1. The first-order chi connectivity index (χ1) is 21.2. The Hall–Kier alpha value is -4.34. The molecule has 45 heavy (non-hydrogen) atoms. The zero-order valence-electron chi connectivity index (χ0n) is 26.0. The molecule has 1 unspecified atom stereocenters. The fraction of sp³-hybridized carbons (Fsp3) is 0.257. The number of aryl methyl sites for hydroxylation is 1. The molecule has 0 bridgehead atoms. The number of ether oxygens (including phenoxy) is 1. The number of halogens is 1. The second kappa shape index (κ2) is 14.2. The molecular weight excluding hydrogens is 610 g/mol. The highest BCUT2D eigenvalue weighted by molar-refractivity contribution is 7.92. The first-order valence-electron chi connectivity index (χ1n) is 14.5. The van der Waals surface area contributed by atoms with Crippen LogP contribution in [0, 0.1) is 6.92 Å². The number of nitrogens with one attached hydrogen (secondary N) is 1. The van der Waals surface area contributed by atoms with E-state index in [2.05, 4.69) is 5.32 Å². The van der Waals surface area contributed by atoms with Gasteiger partial charge in [-0.05, 0) is 101 Å². The van der Waals surface area contributed by atoms with Gasteiger partial charge in [0.1, 0.15) is 24.1 Å². The summed E-state index contributed by atoms with van der Waals surface area (Å²) in [5, 5.41) is 3.45. The number of benzene rings is 4. The van der Waals surface area contributed by atoms with Gasteiger partial charge in [0.15, 0.2) is 0 Å². The van der Waals surface area contributed by atoms with Crippen LogP contribution in [0.15, 0.2) is 108 Å². The zero-order valence-corrected chi connectivity index (χ0v) is 27.6. The van der Waals surface area contributed by atoms with E-state index in [0.717, 1.165) is 15.4 Å². The predicted molar refractivity (Wildman–Crippen MR) is 178 cm³/mol. The van der Waals surface area contributed by atoms with E-state index in [-0.39, 0.29) is 23.0 Å². The number of anilines is 1.